The van der Waals surface area contributed by atoms with Crippen LogP contribution in [0.25, 0.3) is 10.9 Å². The Morgan fingerprint density at radius 1 is 0.971 bits per heavy atom. The van der Waals surface area contributed by atoms with Crippen molar-refractivity contribution in [2.75, 3.05) is 31.9 Å². The molecule has 0 unspecified atom stereocenters. The summed E-state index contributed by atoms with van der Waals surface area (Å²) in [4.78, 5) is 38.1. The van der Waals surface area contributed by atoms with E-state index < -0.39 is 11.3 Å². The average molecular weight is 465 g/mol. The number of aromatic nitrogens is 1. The Morgan fingerprint density at radius 3 is 2.50 bits per heavy atom. The van der Waals surface area contributed by atoms with Gasteiger partial charge in [0.15, 0.2) is 23.0 Å². The van der Waals surface area contributed by atoms with Crippen molar-refractivity contribution in [3.63, 3.8) is 0 Å². The molecule has 176 valence electrons. The van der Waals surface area contributed by atoms with E-state index in [1.807, 2.05) is 11.5 Å². The van der Waals surface area contributed by atoms with Gasteiger partial charge in [0, 0.05) is 43.5 Å². The quantitative estimate of drug-likeness (QED) is 0.574. The number of carbonyl (C=O) groups excluding carboxylic acids is 2. The predicted octanol–water partition coefficient (Wildman–Crippen LogP) is 2.28. The SMILES string of the molecule is CCn1cc(C(=O)NCCC(=O)Nc2ccc3c(c2)OCCO3)c(=O)c2cc3c(cc21)OCO3. The molecule has 0 saturated heterocycles. The van der Waals surface area contributed by atoms with Crippen LogP contribution in [-0.4, -0.2) is 42.9 Å². The highest BCUT2D eigenvalue weighted by molar-refractivity contribution is 5.98. The summed E-state index contributed by atoms with van der Waals surface area (Å²) in [7, 11) is 0. The van der Waals surface area contributed by atoms with Gasteiger partial charge in [-0.15, -0.1) is 0 Å². The second-order valence-corrected chi connectivity index (χ2v) is 7.79. The highest BCUT2D eigenvalue weighted by Gasteiger charge is 2.21. The van der Waals surface area contributed by atoms with Crippen LogP contribution in [0.15, 0.2) is 41.3 Å². The number of hydrogen-bond donors (Lipinski definition) is 2. The molecular weight excluding hydrogens is 442 g/mol. The number of fused-ring (bicyclic) bond motifs is 3. The molecule has 0 bridgehead atoms. The second-order valence-electron chi connectivity index (χ2n) is 7.79. The van der Waals surface area contributed by atoms with Crippen molar-refractivity contribution in [2.24, 2.45) is 0 Å². The van der Waals surface area contributed by atoms with Gasteiger partial charge < -0.3 is 34.1 Å². The lowest BCUT2D eigenvalue weighted by Gasteiger charge is -2.19. The number of ether oxygens (including phenoxy) is 4. The van der Waals surface area contributed by atoms with Gasteiger partial charge in [-0.05, 0) is 25.1 Å². The molecule has 2 aromatic carbocycles. The number of amides is 2. The van der Waals surface area contributed by atoms with Crippen molar-refractivity contribution in [1.29, 1.82) is 0 Å². The molecule has 2 aliphatic rings. The van der Waals surface area contributed by atoms with Crippen molar-refractivity contribution in [3.05, 3.63) is 52.3 Å². The number of hydrogen-bond acceptors (Lipinski definition) is 7. The zero-order valence-corrected chi connectivity index (χ0v) is 18.5. The molecule has 2 N–H and O–H groups in total. The van der Waals surface area contributed by atoms with Crippen LogP contribution in [0.2, 0.25) is 0 Å². The third-order valence-corrected chi connectivity index (χ3v) is 5.62. The minimum Gasteiger partial charge on any atom is -0.486 e. The van der Waals surface area contributed by atoms with Gasteiger partial charge in [0.2, 0.25) is 18.1 Å². The molecule has 3 aromatic rings. The van der Waals surface area contributed by atoms with E-state index in [1.54, 1.807) is 30.3 Å². The standard InChI is InChI=1S/C24H23N3O7/c1-2-27-12-16(23(29)15-10-20-21(11-17(15)27)34-13-33-20)24(30)25-6-5-22(28)26-14-3-4-18-19(9-14)32-8-7-31-18/h3-4,9-12H,2,5-8,13H2,1H3,(H,25,30)(H,26,28). The number of benzene rings is 2. The number of rotatable bonds is 6. The summed E-state index contributed by atoms with van der Waals surface area (Å²) in [5.74, 6) is 1.42. The van der Waals surface area contributed by atoms with E-state index in [4.69, 9.17) is 18.9 Å². The lowest BCUT2D eigenvalue weighted by atomic mass is 10.1. The van der Waals surface area contributed by atoms with E-state index in [-0.39, 0.29) is 31.2 Å². The van der Waals surface area contributed by atoms with Crippen LogP contribution >= 0.6 is 0 Å². The first-order valence-corrected chi connectivity index (χ1v) is 11.0. The number of aryl methyl sites for hydroxylation is 1. The maximum absolute atomic E-state index is 13.0. The first kappa shape index (κ1) is 21.6. The summed E-state index contributed by atoms with van der Waals surface area (Å²) in [5.41, 5.74) is 0.823. The summed E-state index contributed by atoms with van der Waals surface area (Å²) in [6.45, 7) is 3.57. The molecule has 2 amide bonds. The molecule has 0 aliphatic carbocycles. The van der Waals surface area contributed by atoms with Crippen molar-refractivity contribution in [2.45, 2.75) is 19.9 Å². The van der Waals surface area contributed by atoms with Crippen LogP contribution in [-0.2, 0) is 11.3 Å². The van der Waals surface area contributed by atoms with Gasteiger partial charge >= 0.3 is 0 Å². The van der Waals surface area contributed by atoms with E-state index >= 15 is 0 Å². The van der Waals surface area contributed by atoms with Crippen molar-refractivity contribution in [1.82, 2.24) is 9.88 Å². The van der Waals surface area contributed by atoms with Crippen LogP contribution in [0.1, 0.15) is 23.7 Å². The van der Waals surface area contributed by atoms with E-state index in [9.17, 15) is 14.4 Å². The molecule has 0 saturated carbocycles. The van der Waals surface area contributed by atoms with Crippen molar-refractivity contribution in [3.8, 4) is 23.0 Å². The maximum atomic E-state index is 13.0. The molecule has 3 heterocycles. The van der Waals surface area contributed by atoms with Crippen LogP contribution in [0.3, 0.4) is 0 Å². The Bertz CT molecular complexity index is 1350. The summed E-state index contributed by atoms with van der Waals surface area (Å²) < 4.78 is 23.6. The lowest BCUT2D eigenvalue weighted by molar-refractivity contribution is -0.116. The number of carbonyl (C=O) groups is 2. The molecule has 10 heteroatoms. The van der Waals surface area contributed by atoms with E-state index in [1.165, 1.54) is 6.20 Å². The fourth-order valence-electron chi connectivity index (χ4n) is 3.93. The second kappa shape index (κ2) is 8.97. The van der Waals surface area contributed by atoms with Crippen LogP contribution in [0, 0.1) is 0 Å². The highest BCUT2D eigenvalue weighted by Crippen LogP contribution is 2.35. The summed E-state index contributed by atoms with van der Waals surface area (Å²) in [6.07, 6.45) is 1.56. The minimum atomic E-state index is -0.543. The zero-order chi connectivity index (χ0) is 23.7. The van der Waals surface area contributed by atoms with Gasteiger partial charge in [-0.1, -0.05) is 0 Å². The Balaban J connectivity index is 1.25. The average Bonchev–Trinajstić information content (AvgIpc) is 3.31. The van der Waals surface area contributed by atoms with E-state index in [2.05, 4.69) is 10.6 Å². The number of nitrogens with one attached hydrogen (secondary N) is 2. The monoisotopic (exact) mass is 465 g/mol. The Labute approximate surface area is 194 Å². The van der Waals surface area contributed by atoms with Crippen LogP contribution in [0.5, 0.6) is 23.0 Å². The molecule has 10 nitrogen and oxygen atoms in total. The first-order valence-electron chi connectivity index (χ1n) is 11.0. The molecule has 0 atom stereocenters. The highest BCUT2D eigenvalue weighted by atomic mass is 16.7. The van der Waals surface area contributed by atoms with Crippen LogP contribution < -0.4 is 35.0 Å². The lowest BCUT2D eigenvalue weighted by Crippen LogP contribution is -2.32. The van der Waals surface area contributed by atoms with Crippen molar-refractivity contribution >= 4 is 28.4 Å². The van der Waals surface area contributed by atoms with Gasteiger partial charge in [0.1, 0.15) is 18.8 Å². The molecular formula is C24H23N3O7. The zero-order valence-electron chi connectivity index (χ0n) is 18.5. The largest absolute Gasteiger partial charge is 0.486 e. The van der Waals surface area contributed by atoms with E-state index in [0.717, 1.165) is 0 Å². The molecule has 0 fully saturated rings. The fraction of sp³-hybridized carbons (Fsp3) is 0.292. The summed E-state index contributed by atoms with van der Waals surface area (Å²) in [6, 6.07) is 8.49. The molecule has 34 heavy (non-hydrogen) atoms. The third-order valence-electron chi connectivity index (χ3n) is 5.62. The summed E-state index contributed by atoms with van der Waals surface area (Å²) >= 11 is 0. The van der Waals surface area contributed by atoms with Crippen LogP contribution in [0.4, 0.5) is 5.69 Å². The van der Waals surface area contributed by atoms with Gasteiger partial charge in [-0.3, -0.25) is 14.4 Å². The molecule has 0 radical (unpaired) electrons. The summed E-state index contributed by atoms with van der Waals surface area (Å²) in [5, 5.41) is 5.80. The molecule has 0 spiro atoms. The predicted molar refractivity (Wildman–Crippen MR) is 123 cm³/mol. The van der Waals surface area contributed by atoms with Gasteiger partial charge in [-0.2, -0.15) is 0 Å². The van der Waals surface area contributed by atoms with Gasteiger partial charge in [0.25, 0.3) is 5.91 Å². The number of anilines is 1. The topological polar surface area (TPSA) is 117 Å². The number of pyridine rings is 1. The maximum Gasteiger partial charge on any atom is 0.256 e. The first-order chi connectivity index (χ1) is 16.5. The molecule has 5 rings (SSSR count). The van der Waals surface area contributed by atoms with E-state index in [0.29, 0.717) is 59.3 Å². The smallest absolute Gasteiger partial charge is 0.256 e. The normalized spacial score (nSPS) is 13.6. The Kier molecular flexibility index (Phi) is 5.70. The minimum absolute atomic E-state index is 0.000425. The third kappa shape index (κ3) is 4.09. The van der Waals surface area contributed by atoms with Gasteiger partial charge in [-0.25, -0.2) is 0 Å². The molecule has 1 aromatic heterocycles. The Morgan fingerprint density at radius 2 is 1.71 bits per heavy atom. The van der Waals surface area contributed by atoms with Crippen molar-refractivity contribution < 1.29 is 28.5 Å². The van der Waals surface area contributed by atoms with Gasteiger partial charge in [0.05, 0.1) is 10.9 Å². The Hall–Kier alpha value is -4.21. The fourth-order valence-corrected chi connectivity index (χ4v) is 3.93. The molecule has 2 aliphatic heterocycles. The number of nitrogens with zero attached hydrogens (tertiary/aromatic N) is 1.